The van der Waals surface area contributed by atoms with Crippen molar-refractivity contribution in [2.75, 3.05) is 13.7 Å². The van der Waals surface area contributed by atoms with Crippen LogP contribution in [0.5, 0.6) is 5.75 Å². The first-order valence-electron chi connectivity index (χ1n) is 7.83. The highest BCUT2D eigenvalue weighted by Gasteiger charge is 2.24. The van der Waals surface area contributed by atoms with Crippen LogP contribution in [0.25, 0.3) is 0 Å². The molecule has 0 amide bonds. The van der Waals surface area contributed by atoms with Crippen molar-refractivity contribution < 1.29 is 9.13 Å². The Kier molecular flexibility index (Phi) is 5.84. The van der Waals surface area contributed by atoms with E-state index >= 15 is 0 Å². The minimum atomic E-state index is -0.285. The highest BCUT2D eigenvalue weighted by Crippen LogP contribution is 2.35. The first-order chi connectivity index (χ1) is 9.76. The molecule has 0 spiro atoms. The van der Waals surface area contributed by atoms with Crippen molar-refractivity contribution in [2.45, 2.75) is 51.5 Å². The lowest BCUT2D eigenvalue weighted by molar-refractivity contribution is 0.327. The van der Waals surface area contributed by atoms with E-state index in [0.717, 1.165) is 12.1 Å². The molecule has 1 atom stereocenters. The first kappa shape index (κ1) is 15.3. The summed E-state index contributed by atoms with van der Waals surface area (Å²) in [5.41, 5.74) is 1.15. The summed E-state index contributed by atoms with van der Waals surface area (Å²) in [6, 6.07) is 5.59. The minimum Gasteiger partial charge on any atom is -0.494 e. The van der Waals surface area contributed by atoms with Gasteiger partial charge in [-0.2, -0.15) is 0 Å². The highest BCUT2D eigenvalue weighted by atomic mass is 19.1. The lowest BCUT2D eigenvalue weighted by atomic mass is 9.87. The zero-order valence-corrected chi connectivity index (χ0v) is 12.6. The van der Waals surface area contributed by atoms with E-state index in [9.17, 15) is 4.39 Å². The molecule has 0 heterocycles. The van der Waals surface area contributed by atoms with Gasteiger partial charge < -0.3 is 10.1 Å². The molecule has 1 aromatic rings. The zero-order chi connectivity index (χ0) is 14.4. The Bertz CT molecular complexity index is 413. The van der Waals surface area contributed by atoms with Gasteiger partial charge in [-0.1, -0.05) is 38.7 Å². The molecule has 0 bridgehead atoms. The molecular weight excluding hydrogens is 253 g/mol. The van der Waals surface area contributed by atoms with Gasteiger partial charge in [-0.15, -0.1) is 0 Å². The van der Waals surface area contributed by atoms with E-state index < -0.39 is 0 Å². The van der Waals surface area contributed by atoms with E-state index in [4.69, 9.17) is 4.74 Å². The van der Waals surface area contributed by atoms with Gasteiger partial charge in [-0.3, -0.25) is 0 Å². The summed E-state index contributed by atoms with van der Waals surface area (Å²) in [6.07, 6.45) is 7.84. The number of benzene rings is 1. The Labute approximate surface area is 121 Å². The second-order valence-electron chi connectivity index (χ2n) is 5.68. The monoisotopic (exact) mass is 279 g/mol. The number of nitrogens with one attached hydrogen (secondary N) is 1. The first-order valence-corrected chi connectivity index (χ1v) is 7.83. The van der Waals surface area contributed by atoms with Gasteiger partial charge in [-0.25, -0.2) is 4.39 Å². The molecule has 1 aromatic carbocycles. The summed E-state index contributed by atoms with van der Waals surface area (Å²) in [5.74, 6) is 0.707. The van der Waals surface area contributed by atoms with Gasteiger partial charge in [0.25, 0.3) is 0 Å². The van der Waals surface area contributed by atoms with Crippen molar-refractivity contribution in [3.05, 3.63) is 29.6 Å². The second-order valence-corrected chi connectivity index (χ2v) is 5.68. The van der Waals surface area contributed by atoms with Crippen LogP contribution in [-0.2, 0) is 0 Å². The number of hydrogen-bond donors (Lipinski definition) is 1. The van der Waals surface area contributed by atoms with Crippen molar-refractivity contribution in [3.63, 3.8) is 0 Å². The summed E-state index contributed by atoms with van der Waals surface area (Å²) in [6.45, 7) is 3.06. The van der Waals surface area contributed by atoms with Crippen LogP contribution < -0.4 is 10.1 Å². The van der Waals surface area contributed by atoms with Crippen molar-refractivity contribution in [1.82, 2.24) is 5.32 Å². The van der Waals surface area contributed by atoms with Crippen molar-refractivity contribution in [2.24, 2.45) is 5.92 Å². The number of ether oxygens (including phenoxy) is 1. The average Bonchev–Trinajstić information content (AvgIpc) is 2.74. The molecule has 0 aliphatic heterocycles. The lowest BCUT2D eigenvalue weighted by Crippen LogP contribution is -2.28. The molecule has 0 saturated heterocycles. The molecule has 1 unspecified atom stereocenters. The molecule has 1 fully saturated rings. The summed E-state index contributed by atoms with van der Waals surface area (Å²) < 4.78 is 18.7. The Morgan fingerprint density at radius 2 is 1.95 bits per heavy atom. The number of methoxy groups -OCH3 is 1. The molecule has 0 aromatic heterocycles. The molecule has 1 saturated carbocycles. The fourth-order valence-electron chi connectivity index (χ4n) is 3.29. The SMILES string of the molecule is CCNC(c1ccc(F)c(OC)c1)C1CCCCCC1. The van der Waals surface area contributed by atoms with Crippen LogP contribution in [0.4, 0.5) is 4.39 Å². The van der Waals surface area contributed by atoms with Crippen molar-refractivity contribution in [3.8, 4) is 5.75 Å². The molecule has 20 heavy (non-hydrogen) atoms. The van der Waals surface area contributed by atoms with Gasteiger partial charge in [-0.05, 0) is 43.0 Å². The molecule has 3 heteroatoms. The quantitative estimate of drug-likeness (QED) is 0.804. The van der Waals surface area contributed by atoms with E-state index in [2.05, 4.69) is 12.2 Å². The number of rotatable bonds is 5. The fraction of sp³-hybridized carbons (Fsp3) is 0.647. The van der Waals surface area contributed by atoms with E-state index in [1.165, 1.54) is 51.7 Å². The van der Waals surface area contributed by atoms with E-state index in [1.807, 2.05) is 12.1 Å². The summed E-state index contributed by atoms with van der Waals surface area (Å²) in [4.78, 5) is 0. The third-order valence-electron chi connectivity index (χ3n) is 4.33. The Hall–Kier alpha value is -1.09. The van der Waals surface area contributed by atoms with Gasteiger partial charge in [0, 0.05) is 6.04 Å². The van der Waals surface area contributed by atoms with Crippen LogP contribution >= 0.6 is 0 Å². The molecule has 1 aliphatic carbocycles. The van der Waals surface area contributed by atoms with Crippen molar-refractivity contribution >= 4 is 0 Å². The predicted octanol–water partition coefficient (Wildman–Crippen LogP) is 4.46. The normalized spacial score (nSPS) is 18.6. The molecule has 2 rings (SSSR count). The predicted molar refractivity (Wildman–Crippen MR) is 80.6 cm³/mol. The topological polar surface area (TPSA) is 21.3 Å². The van der Waals surface area contributed by atoms with E-state index in [-0.39, 0.29) is 5.82 Å². The largest absolute Gasteiger partial charge is 0.494 e. The summed E-state index contributed by atoms with van der Waals surface area (Å²) in [7, 11) is 1.52. The fourth-order valence-corrected chi connectivity index (χ4v) is 3.29. The molecule has 112 valence electrons. The molecule has 0 radical (unpaired) electrons. The highest BCUT2D eigenvalue weighted by molar-refractivity contribution is 5.32. The summed E-state index contributed by atoms with van der Waals surface area (Å²) in [5, 5.41) is 3.59. The van der Waals surface area contributed by atoms with Crippen LogP contribution in [0.15, 0.2) is 18.2 Å². The van der Waals surface area contributed by atoms with Crippen LogP contribution in [0.3, 0.4) is 0 Å². The number of hydrogen-bond acceptors (Lipinski definition) is 2. The molecule has 1 N–H and O–H groups in total. The van der Waals surface area contributed by atoms with Crippen LogP contribution in [0, 0.1) is 11.7 Å². The Morgan fingerprint density at radius 3 is 2.55 bits per heavy atom. The van der Waals surface area contributed by atoms with Crippen LogP contribution in [0.1, 0.15) is 57.1 Å². The smallest absolute Gasteiger partial charge is 0.165 e. The average molecular weight is 279 g/mol. The maximum atomic E-state index is 13.6. The van der Waals surface area contributed by atoms with E-state index in [1.54, 1.807) is 0 Å². The maximum Gasteiger partial charge on any atom is 0.165 e. The van der Waals surface area contributed by atoms with Gasteiger partial charge in [0.05, 0.1) is 7.11 Å². The third-order valence-corrected chi connectivity index (χ3v) is 4.33. The Morgan fingerprint density at radius 1 is 1.25 bits per heavy atom. The lowest BCUT2D eigenvalue weighted by Gasteiger charge is -2.27. The molecule has 1 aliphatic rings. The molecule has 2 nitrogen and oxygen atoms in total. The van der Waals surface area contributed by atoms with E-state index in [0.29, 0.717) is 17.7 Å². The van der Waals surface area contributed by atoms with Crippen LogP contribution in [-0.4, -0.2) is 13.7 Å². The standard InChI is InChI=1S/C17H26FNO/c1-3-19-17(13-8-6-4-5-7-9-13)14-10-11-15(18)16(12-14)20-2/h10-13,17,19H,3-9H2,1-2H3. The van der Waals surface area contributed by atoms with Gasteiger partial charge >= 0.3 is 0 Å². The minimum absolute atomic E-state index is 0.285. The number of halogens is 1. The maximum absolute atomic E-state index is 13.6. The second kappa shape index (κ2) is 7.63. The van der Waals surface area contributed by atoms with Gasteiger partial charge in [0.15, 0.2) is 11.6 Å². The van der Waals surface area contributed by atoms with Crippen LogP contribution in [0.2, 0.25) is 0 Å². The van der Waals surface area contributed by atoms with Crippen molar-refractivity contribution in [1.29, 1.82) is 0 Å². The third kappa shape index (κ3) is 3.72. The summed E-state index contributed by atoms with van der Waals surface area (Å²) >= 11 is 0. The molecular formula is C17H26FNO. The Balaban J connectivity index is 2.22. The van der Waals surface area contributed by atoms with Gasteiger partial charge in [0.1, 0.15) is 0 Å². The zero-order valence-electron chi connectivity index (χ0n) is 12.6. The van der Waals surface area contributed by atoms with Gasteiger partial charge in [0.2, 0.25) is 0 Å².